The van der Waals surface area contributed by atoms with E-state index in [1.165, 1.54) is 29.2 Å². The first-order valence-electron chi connectivity index (χ1n) is 12.6. The Bertz CT molecular complexity index is 1540. The number of nitrogens with zero attached hydrogens (tertiary/aromatic N) is 3. The Morgan fingerprint density at radius 3 is 1.97 bits per heavy atom. The molecule has 0 N–H and O–H groups in total. The van der Waals surface area contributed by atoms with Crippen LogP contribution in [0.4, 0.5) is 0 Å². The van der Waals surface area contributed by atoms with Gasteiger partial charge in [0.25, 0.3) is 0 Å². The molecule has 2 aliphatic heterocycles. The lowest BCUT2D eigenvalue weighted by Crippen LogP contribution is -2.00. The number of hydrogen-bond donors (Lipinski definition) is 0. The third-order valence-electron chi connectivity index (χ3n) is 7.29. The number of rotatable bonds is 0. The van der Waals surface area contributed by atoms with E-state index in [0.717, 1.165) is 29.9 Å². The molecule has 3 aromatic rings. The largest absolute Gasteiger partial charge is 0.493 e. The Labute approximate surface area is 224 Å². The molecule has 7 heteroatoms. The molecule has 0 radical (unpaired) electrons. The van der Waals surface area contributed by atoms with Gasteiger partial charge in [-0.3, -0.25) is 0 Å². The number of aryl methyl sites for hydroxylation is 1. The first-order valence-corrected chi connectivity index (χ1v) is 14.3. The van der Waals surface area contributed by atoms with Crippen molar-refractivity contribution in [1.29, 1.82) is 15.8 Å². The van der Waals surface area contributed by atoms with Gasteiger partial charge < -0.3 is 4.74 Å². The molecule has 3 aliphatic rings. The summed E-state index contributed by atoms with van der Waals surface area (Å²) >= 11 is 0. The maximum atomic E-state index is 11.6. The third kappa shape index (κ3) is 5.57. The molecule has 0 amide bonds. The molecule has 1 aliphatic carbocycles. The summed E-state index contributed by atoms with van der Waals surface area (Å²) in [6.45, 7) is 7.00. The third-order valence-corrected chi connectivity index (χ3v) is 9.25. The van der Waals surface area contributed by atoms with Crippen LogP contribution in [-0.4, -0.2) is 20.8 Å². The van der Waals surface area contributed by atoms with Crippen LogP contribution in [0.2, 0.25) is 0 Å². The van der Waals surface area contributed by atoms with E-state index in [1.54, 1.807) is 18.2 Å². The van der Waals surface area contributed by atoms with E-state index in [9.17, 15) is 8.42 Å². The van der Waals surface area contributed by atoms with Crippen molar-refractivity contribution in [2.75, 3.05) is 12.4 Å². The van der Waals surface area contributed by atoms with Gasteiger partial charge in [0.15, 0.2) is 9.84 Å². The maximum absolute atomic E-state index is 11.6. The van der Waals surface area contributed by atoms with Gasteiger partial charge in [0, 0.05) is 11.5 Å². The van der Waals surface area contributed by atoms with Gasteiger partial charge >= 0.3 is 0 Å². The zero-order valence-corrected chi connectivity index (χ0v) is 22.5. The SMILES string of the molecule is CC1CCc2cc(C#N)ccc21.CC1COc2cc(C#N)ccc21.CC1CS(=O)(=O)c2cc(C#N)ccc21. The first kappa shape index (κ1) is 26.9. The standard InChI is InChI=1S/C11H11N.C10H9NO2S.C10H9NO/c1-8-2-4-10-6-9(7-12)3-5-11(8)10;1-7-6-14(12,13)10-4-8(5-11)2-3-9(7)10;1-7-6-12-10-4-8(5-11)2-3-9(7)10/h3,5-6,8H,2,4H2,1H3;2-4,7H,6H2,1H3;2-4,7H,6H2,1H3. The van der Waals surface area contributed by atoms with Crippen LogP contribution < -0.4 is 4.74 Å². The molecule has 38 heavy (non-hydrogen) atoms. The van der Waals surface area contributed by atoms with Gasteiger partial charge in [-0.1, -0.05) is 39.0 Å². The summed E-state index contributed by atoms with van der Waals surface area (Å²) in [6.07, 6.45) is 2.39. The summed E-state index contributed by atoms with van der Waals surface area (Å²) in [7, 11) is -3.14. The normalized spacial score (nSPS) is 20.9. The molecule has 3 unspecified atom stereocenters. The van der Waals surface area contributed by atoms with Crippen LogP contribution in [0.15, 0.2) is 59.5 Å². The van der Waals surface area contributed by atoms with Gasteiger partial charge in [0.1, 0.15) is 5.75 Å². The highest BCUT2D eigenvalue weighted by atomic mass is 32.2. The lowest BCUT2D eigenvalue weighted by molar-refractivity contribution is 0.337. The Morgan fingerprint density at radius 2 is 1.32 bits per heavy atom. The fourth-order valence-electron chi connectivity index (χ4n) is 5.13. The summed E-state index contributed by atoms with van der Waals surface area (Å²) in [5, 5.41) is 26.0. The zero-order valence-electron chi connectivity index (χ0n) is 21.7. The van der Waals surface area contributed by atoms with Crippen LogP contribution in [0.25, 0.3) is 0 Å². The second-order valence-corrected chi connectivity index (χ2v) is 12.1. The minimum atomic E-state index is -3.14. The monoisotopic (exact) mass is 523 g/mol. The zero-order chi connectivity index (χ0) is 27.4. The molecular formula is C31H29N3O3S. The Kier molecular flexibility index (Phi) is 7.86. The van der Waals surface area contributed by atoms with E-state index in [-0.39, 0.29) is 11.7 Å². The topological polar surface area (TPSA) is 115 Å². The molecule has 6 rings (SSSR count). The van der Waals surface area contributed by atoms with E-state index in [1.807, 2.05) is 37.3 Å². The van der Waals surface area contributed by atoms with Crippen LogP contribution in [-0.2, 0) is 16.3 Å². The molecule has 0 saturated carbocycles. The van der Waals surface area contributed by atoms with Crippen molar-refractivity contribution in [2.45, 2.75) is 56.3 Å². The predicted octanol–water partition coefficient (Wildman–Crippen LogP) is 6.11. The Balaban J connectivity index is 0.000000133. The summed E-state index contributed by atoms with van der Waals surface area (Å²) in [4.78, 5) is 0.337. The van der Waals surface area contributed by atoms with Crippen molar-refractivity contribution in [1.82, 2.24) is 0 Å². The molecule has 6 nitrogen and oxygen atoms in total. The molecule has 192 valence electrons. The fourth-order valence-corrected chi connectivity index (χ4v) is 7.08. The lowest BCUT2D eigenvalue weighted by Gasteiger charge is -2.02. The van der Waals surface area contributed by atoms with Crippen LogP contribution in [0.3, 0.4) is 0 Å². The summed E-state index contributed by atoms with van der Waals surface area (Å²) in [6, 6.07) is 22.7. The Hall–Kier alpha value is -4.12. The molecule has 3 atom stereocenters. The van der Waals surface area contributed by atoms with Crippen molar-refractivity contribution in [2.24, 2.45) is 0 Å². The van der Waals surface area contributed by atoms with E-state index in [2.05, 4.69) is 32.1 Å². The summed E-state index contributed by atoms with van der Waals surface area (Å²) in [5.74, 6) is 2.24. The highest BCUT2D eigenvalue weighted by molar-refractivity contribution is 7.91. The fraction of sp³-hybridized carbons (Fsp3) is 0.323. The van der Waals surface area contributed by atoms with Crippen molar-refractivity contribution in [3.05, 3.63) is 93.5 Å². The maximum Gasteiger partial charge on any atom is 0.179 e. The van der Waals surface area contributed by atoms with Crippen LogP contribution in [0, 0.1) is 34.0 Å². The van der Waals surface area contributed by atoms with E-state index < -0.39 is 9.84 Å². The molecule has 0 bridgehead atoms. The van der Waals surface area contributed by atoms with E-state index >= 15 is 0 Å². The number of hydrogen-bond acceptors (Lipinski definition) is 6. The smallest absolute Gasteiger partial charge is 0.179 e. The number of sulfone groups is 1. The number of ether oxygens (including phenoxy) is 1. The van der Waals surface area contributed by atoms with E-state index in [4.69, 9.17) is 20.5 Å². The molecule has 2 heterocycles. The van der Waals surface area contributed by atoms with E-state index in [0.29, 0.717) is 27.9 Å². The van der Waals surface area contributed by atoms with Gasteiger partial charge in [0.05, 0.1) is 52.2 Å². The second-order valence-electron chi connectivity index (χ2n) is 10.1. The van der Waals surface area contributed by atoms with Crippen LogP contribution in [0.1, 0.15) is 83.9 Å². The molecule has 0 aromatic heterocycles. The first-order chi connectivity index (χ1) is 18.2. The predicted molar refractivity (Wildman–Crippen MR) is 145 cm³/mol. The molecular weight excluding hydrogens is 494 g/mol. The highest BCUT2D eigenvalue weighted by Crippen LogP contribution is 2.35. The van der Waals surface area contributed by atoms with Crippen LogP contribution >= 0.6 is 0 Å². The van der Waals surface area contributed by atoms with Crippen LogP contribution in [0.5, 0.6) is 5.75 Å². The number of benzene rings is 3. The Morgan fingerprint density at radius 1 is 0.737 bits per heavy atom. The van der Waals surface area contributed by atoms with Gasteiger partial charge in [-0.15, -0.1) is 0 Å². The molecule has 0 saturated heterocycles. The number of nitriles is 3. The molecule has 3 aromatic carbocycles. The van der Waals surface area contributed by atoms with Gasteiger partial charge in [-0.2, -0.15) is 15.8 Å². The van der Waals surface area contributed by atoms with Crippen molar-refractivity contribution >= 4 is 9.84 Å². The summed E-state index contributed by atoms with van der Waals surface area (Å²) in [5.41, 5.74) is 6.74. The van der Waals surface area contributed by atoms with Gasteiger partial charge in [-0.05, 0) is 77.8 Å². The average molecular weight is 524 g/mol. The molecule has 0 fully saturated rings. The summed E-state index contributed by atoms with van der Waals surface area (Å²) < 4.78 is 28.6. The second kappa shape index (κ2) is 11.1. The van der Waals surface area contributed by atoms with Crippen molar-refractivity contribution < 1.29 is 13.2 Å². The van der Waals surface area contributed by atoms with Crippen molar-refractivity contribution in [3.8, 4) is 24.0 Å². The minimum absolute atomic E-state index is 0.0442. The average Bonchev–Trinajstić information content (AvgIpc) is 3.56. The van der Waals surface area contributed by atoms with Gasteiger partial charge in [0.2, 0.25) is 0 Å². The minimum Gasteiger partial charge on any atom is -0.493 e. The van der Waals surface area contributed by atoms with Crippen molar-refractivity contribution in [3.63, 3.8) is 0 Å². The number of fused-ring (bicyclic) bond motifs is 3. The highest BCUT2D eigenvalue weighted by Gasteiger charge is 2.32. The van der Waals surface area contributed by atoms with Gasteiger partial charge in [-0.25, -0.2) is 8.42 Å². The quantitative estimate of drug-likeness (QED) is 0.351. The lowest BCUT2D eigenvalue weighted by atomic mass is 10.0. The molecule has 0 spiro atoms.